The summed E-state index contributed by atoms with van der Waals surface area (Å²) >= 11 is 3.25. The molecule has 2 amide bonds. The third kappa shape index (κ3) is 5.29. The Bertz CT molecular complexity index is 531. The molecule has 0 unspecified atom stereocenters. The number of nitrogens with one attached hydrogen (secondary N) is 2. The summed E-state index contributed by atoms with van der Waals surface area (Å²) in [7, 11) is 0. The molecule has 1 aliphatic rings. The van der Waals surface area contributed by atoms with E-state index in [0.717, 1.165) is 25.7 Å². The van der Waals surface area contributed by atoms with Crippen molar-refractivity contribution in [2.45, 2.75) is 25.7 Å². The van der Waals surface area contributed by atoms with Crippen molar-refractivity contribution >= 4 is 27.9 Å². The van der Waals surface area contributed by atoms with Crippen molar-refractivity contribution in [3.63, 3.8) is 0 Å². The average Bonchev–Trinajstić information content (AvgIpc) is 2.51. The fraction of sp³-hybridized carbons (Fsp3) is 0.533. The third-order valence-corrected chi connectivity index (χ3v) is 4.48. The van der Waals surface area contributed by atoms with Crippen LogP contribution in [0.25, 0.3) is 0 Å². The summed E-state index contributed by atoms with van der Waals surface area (Å²) in [6, 6.07) is 3.39. The van der Waals surface area contributed by atoms with Crippen LogP contribution in [-0.4, -0.2) is 35.2 Å². The predicted octanol–water partition coefficient (Wildman–Crippen LogP) is 2.65. The Labute approximate surface area is 137 Å². The fourth-order valence-corrected chi connectivity index (χ4v) is 3.12. The maximum absolute atomic E-state index is 12.0. The lowest BCUT2D eigenvalue weighted by atomic mass is 9.82. The van der Waals surface area contributed by atoms with Crippen molar-refractivity contribution in [2.24, 2.45) is 11.8 Å². The van der Waals surface area contributed by atoms with Crippen molar-refractivity contribution in [3.8, 4) is 0 Å². The van der Waals surface area contributed by atoms with Crippen LogP contribution in [0.5, 0.6) is 0 Å². The third-order valence-electron chi connectivity index (χ3n) is 4.05. The second-order valence-electron chi connectivity index (χ2n) is 5.65. The van der Waals surface area contributed by atoms with Crippen molar-refractivity contribution in [2.75, 3.05) is 13.1 Å². The number of hydrogen-bond donors (Lipinski definition) is 3. The van der Waals surface area contributed by atoms with E-state index in [1.807, 2.05) is 0 Å². The van der Waals surface area contributed by atoms with Gasteiger partial charge < -0.3 is 15.7 Å². The Morgan fingerprint density at radius 3 is 2.32 bits per heavy atom. The molecule has 3 N–H and O–H groups in total. The van der Waals surface area contributed by atoms with Crippen molar-refractivity contribution in [3.05, 3.63) is 28.5 Å². The van der Waals surface area contributed by atoms with E-state index in [0.29, 0.717) is 35.1 Å². The largest absolute Gasteiger partial charge is 0.465 e. The second kappa shape index (κ2) is 8.12. The van der Waals surface area contributed by atoms with E-state index >= 15 is 0 Å². The fourth-order valence-electron chi connectivity index (χ4n) is 2.75. The normalized spacial score (nSPS) is 21.1. The highest BCUT2D eigenvalue weighted by atomic mass is 79.9. The molecule has 0 aromatic carbocycles. The maximum atomic E-state index is 12.0. The van der Waals surface area contributed by atoms with Gasteiger partial charge in [-0.2, -0.15) is 0 Å². The first-order valence-corrected chi connectivity index (χ1v) is 8.20. The van der Waals surface area contributed by atoms with Crippen LogP contribution in [0.1, 0.15) is 36.0 Å². The predicted molar refractivity (Wildman–Crippen MR) is 85.7 cm³/mol. The Kier molecular flexibility index (Phi) is 6.18. The van der Waals surface area contributed by atoms with Gasteiger partial charge in [0.25, 0.3) is 5.91 Å². The lowest BCUT2D eigenvalue weighted by Crippen LogP contribution is -2.34. The van der Waals surface area contributed by atoms with Crippen molar-refractivity contribution in [1.82, 2.24) is 15.6 Å². The minimum atomic E-state index is -0.960. The van der Waals surface area contributed by atoms with E-state index < -0.39 is 6.09 Å². The Morgan fingerprint density at radius 1 is 1.18 bits per heavy atom. The number of rotatable bonds is 5. The first-order valence-electron chi connectivity index (χ1n) is 7.41. The smallest absolute Gasteiger partial charge is 0.404 e. The van der Waals surface area contributed by atoms with Gasteiger partial charge in [0, 0.05) is 24.8 Å². The minimum absolute atomic E-state index is 0.0854. The number of aromatic nitrogens is 1. The summed E-state index contributed by atoms with van der Waals surface area (Å²) < 4.78 is 0.645. The number of carboxylic acid groups (broad SMARTS) is 1. The van der Waals surface area contributed by atoms with Gasteiger partial charge in [0.1, 0.15) is 4.60 Å². The Morgan fingerprint density at radius 2 is 1.77 bits per heavy atom. The van der Waals surface area contributed by atoms with Gasteiger partial charge in [-0.25, -0.2) is 9.78 Å². The number of carbonyl (C=O) groups excluding carboxylic acids is 1. The van der Waals surface area contributed by atoms with Gasteiger partial charge in [-0.3, -0.25) is 4.79 Å². The summed E-state index contributed by atoms with van der Waals surface area (Å²) in [5.41, 5.74) is 0.598. The van der Waals surface area contributed by atoms with E-state index in [1.54, 1.807) is 18.3 Å². The van der Waals surface area contributed by atoms with Gasteiger partial charge >= 0.3 is 6.09 Å². The molecule has 1 aromatic heterocycles. The number of carbonyl (C=O) groups is 2. The molecule has 0 bridgehead atoms. The van der Waals surface area contributed by atoms with E-state index in [-0.39, 0.29) is 5.91 Å². The average molecular weight is 370 g/mol. The molecule has 0 saturated heterocycles. The monoisotopic (exact) mass is 369 g/mol. The van der Waals surface area contributed by atoms with E-state index in [2.05, 4.69) is 31.5 Å². The molecule has 0 spiro atoms. The van der Waals surface area contributed by atoms with Gasteiger partial charge in [0.15, 0.2) is 0 Å². The number of nitrogens with zero attached hydrogens (tertiary/aromatic N) is 1. The molecule has 0 radical (unpaired) electrons. The first kappa shape index (κ1) is 16.7. The van der Waals surface area contributed by atoms with Gasteiger partial charge in [0.05, 0.1) is 0 Å². The summed E-state index contributed by atoms with van der Waals surface area (Å²) in [6.45, 7) is 1.19. The number of halogens is 1. The van der Waals surface area contributed by atoms with Crippen molar-refractivity contribution in [1.29, 1.82) is 0 Å². The number of hydrogen-bond acceptors (Lipinski definition) is 3. The van der Waals surface area contributed by atoms with Crippen molar-refractivity contribution < 1.29 is 14.7 Å². The molecule has 7 heteroatoms. The Balaban J connectivity index is 1.70. The molecule has 2 rings (SSSR count). The zero-order valence-corrected chi connectivity index (χ0v) is 13.8. The topological polar surface area (TPSA) is 91.3 Å². The lowest BCUT2D eigenvalue weighted by molar-refractivity contribution is 0.0940. The molecular formula is C15H20BrN3O3. The first-order chi connectivity index (χ1) is 10.5. The Hall–Kier alpha value is -1.63. The summed E-state index contributed by atoms with van der Waals surface area (Å²) in [5.74, 6) is 0.798. The highest BCUT2D eigenvalue weighted by Crippen LogP contribution is 2.28. The van der Waals surface area contributed by atoms with Crippen LogP contribution >= 0.6 is 15.9 Å². The molecule has 120 valence electrons. The van der Waals surface area contributed by atoms with E-state index in [9.17, 15) is 9.59 Å². The highest BCUT2D eigenvalue weighted by molar-refractivity contribution is 9.10. The SMILES string of the molecule is O=C(O)NC[C@H]1CC[C@H](CNC(=O)c2ccnc(Br)c2)CC1. The molecule has 22 heavy (non-hydrogen) atoms. The molecule has 1 saturated carbocycles. The maximum Gasteiger partial charge on any atom is 0.404 e. The summed E-state index contributed by atoms with van der Waals surface area (Å²) in [4.78, 5) is 26.5. The van der Waals surface area contributed by atoms with Gasteiger partial charge in [-0.15, -0.1) is 0 Å². The minimum Gasteiger partial charge on any atom is -0.465 e. The van der Waals surface area contributed by atoms with Crippen LogP contribution in [-0.2, 0) is 0 Å². The molecule has 1 aromatic rings. The lowest BCUT2D eigenvalue weighted by Gasteiger charge is -2.28. The number of pyridine rings is 1. The molecule has 1 aliphatic carbocycles. The molecular weight excluding hydrogens is 350 g/mol. The van der Waals surface area contributed by atoms with E-state index in [1.165, 1.54) is 0 Å². The summed E-state index contributed by atoms with van der Waals surface area (Å²) in [5, 5.41) is 14.0. The molecule has 0 aliphatic heterocycles. The van der Waals surface area contributed by atoms with E-state index in [4.69, 9.17) is 5.11 Å². The molecule has 0 atom stereocenters. The molecule has 1 heterocycles. The van der Waals surface area contributed by atoms with Crippen LogP contribution in [0, 0.1) is 11.8 Å². The highest BCUT2D eigenvalue weighted by Gasteiger charge is 2.22. The van der Waals surface area contributed by atoms with Crippen LogP contribution in [0.2, 0.25) is 0 Å². The van der Waals surface area contributed by atoms with Crippen LogP contribution in [0.3, 0.4) is 0 Å². The van der Waals surface area contributed by atoms with Crippen LogP contribution in [0.4, 0.5) is 4.79 Å². The molecule has 6 nitrogen and oxygen atoms in total. The zero-order chi connectivity index (χ0) is 15.9. The van der Waals surface area contributed by atoms with Gasteiger partial charge in [-0.05, 0) is 65.6 Å². The quantitative estimate of drug-likeness (QED) is 0.695. The zero-order valence-electron chi connectivity index (χ0n) is 12.2. The molecule has 1 fully saturated rings. The van der Waals surface area contributed by atoms with Crippen LogP contribution < -0.4 is 10.6 Å². The van der Waals surface area contributed by atoms with Gasteiger partial charge in [-0.1, -0.05) is 0 Å². The number of amides is 2. The second-order valence-corrected chi connectivity index (χ2v) is 6.46. The summed E-state index contributed by atoms with van der Waals surface area (Å²) in [6.07, 6.45) is 4.68. The van der Waals surface area contributed by atoms with Crippen LogP contribution in [0.15, 0.2) is 22.9 Å². The van der Waals surface area contributed by atoms with Gasteiger partial charge in [0.2, 0.25) is 0 Å². The standard InChI is InChI=1S/C15H20BrN3O3/c16-13-7-12(5-6-17-13)14(20)18-8-10-1-3-11(4-2-10)9-19-15(21)22/h5-7,10-11,19H,1-4,8-9H2,(H,18,20)(H,21,22)/t10-,11-.